The van der Waals surface area contributed by atoms with Gasteiger partial charge in [-0.2, -0.15) is 5.10 Å². The van der Waals surface area contributed by atoms with Gasteiger partial charge in [-0.1, -0.05) is 26.1 Å². The number of nitrogens with two attached hydrogens (primary N) is 1. The van der Waals surface area contributed by atoms with Crippen molar-refractivity contribution < 1.29 is 4.79 Å². The van der Waals surface area contributed by atoms with E-state index in [4.69, 9.17) is 18.0 Å². The van der Waals surface area contributed by atoms with Crippen LogP contribution in [0.3, 0.4) is 0 Å². The summed E-state index contributed by atoms with van der Waals surface area (Å²) >= 11 is 5.15. The number of amides is 1. The molecule has 0 atom stereocenters. The Balaban J connectivity index is 2.91. The molecule has 1 heterocycles. The maximum Gasteiger partial charge on any atom is 0.221 e. The van der Waals surface area contributed by atoms with Crippen LogP contribution in [-0.2, 0) is 17.6 Å². The Labute approximate surface area is 130 Å². The molecule has 0 aliphatic rings. The standard InChI is InChI=1S/C14H23N5OS/c1-4-9-10(5-2)18-19-14(12(9)13(15)21)17-8-7-11(20)16-6-3/h4-8H2,1-3H3,(H2,15,21)(H,16,20)(H,17,19). The van der Waals surface area contributed by atoms with Crippen LogP contribution in [-0.4, -0.2) is 34.2 Å². The molecule has 6 nitrogen and oxygen atoms in total. The fourth-order valence-corrected chi connectivity index (χ4v) is 2.36. The second-order valence-electron chi connectivity index (χ2n) is 4.55. The van der Waals surface area contributed by atoms with Gasteiger partial charge in [0.2, 0.25) is 5.91 Å². The van der Waals surface area contributed by atoms with E-state index >= 15 is 0 Å². The van der Waals surface area contributed by atoms with Crippen LogP contribution < -0.4 is 16.4 Å². The van der Waals surface area contributed by atoms with Crippen LogP contribution in [0.1, 0.15) is 44.0 Å². The van der Waals surface area contributed by atoms with E-state index in [-0.39, 0.29) is 5.91 Å². The van der Waals surface area contributed by atoms with Crippen molar-refractivity contribution in [2.75, 3.05) is 18.4 Å². The molecule has 0 saturated carbocycles. The first-order valence-electron chi connectivity index (χ1n) is 7.23. The van der Waals surface area contributed by atoms with Gasteiger partial charge in [-0.15, -0.1) is 5.10 Å². The van der Waals surface area contributed by atoms with Crippen LogP contribution in [0, 0.1) is 0 Å². The molecular weight excluding hydrogens is 286 g/mol. The summed E-state index contributed by atoms with van der Waals surface area (Å²) in [7, 11) is 0. The Kier molecular flexibility index (Phi) is 7.01. The van der Waals surface area contributed by atoms with E-state index in [1.807, 2.05) is 20.8 Å². The SMILES string of the molecule is CCNC(=O)CCNc1nnc(CC)c(CC)c1C(N)=S. The number of thiocarbonyl (C=S) groups is 1. The van der Waals surface area contributed by atoms with Crippen molar-refractivity contribution in [2.24, 2.45) is 5.73 Å². The van der Waals surface area contributed by atoms with Crippen molar-refractivity contribution in [3.05, 3.63) is 16.8 Å². The highest BCUT2D eigenvalue weighted by Crippen LogP contribution is 2.20. The van der Waals surface area contributed by atoms with Crippen LogP contribution in [0.5, 0.6) is 0 Å². The van der Waals surface area contributed by atoms with Gasteiger partial charge in [0, 0.05) is 19.5 Å². The molecule has 0 spiro atoms. The first-order valence-corrected chi connectivity index (χ1v) is 7.64. The highest BCUT2D eigenvalue weighted by molar-refractivity contribution is 7.80. The summed E-state index contributed by atoms with van der Waals surface area (Å²) in [6, 6.07) is 0. The molecule has 1 aromatic heterocycles. The second-order valence-corrected chi connectivity index (χ2v) is 4.99. The zero-order valence-corrected chi connectivity index (χ0v) is 13.6. The molecule has 0 radical (unpaired) electrons. The summed E-state index contributed by atoms with van der Waals surface area (Å²) in [6.45, 7) is 7.04. The average molecular weight is 309 g/mol. The fourth-order valence-electron chi connectivity index (χ4n) is 2.14. The average Bonchev–Trinajstić information content (AvgIpc) is 2.46. The summed E-state index contributed by atoms with van der Waals surface area (Å²) in [4.78, 5) is 11.7. The Morgan fingerprint density at radius 1 is 1.24 bits per heavy atom. The number of hydrogen-bond acceptors (Lipinski definition) is 5. The molecule has 0 aliphatic heterocycles. The molecule has 0 aromatic carbocycles. The third-order valence-electron chi connectivity index (χ3n) is 3.11. The van der Waals surface area contributed by atoms with Crippen LogP contribution in [0.25, 0.3) is 0 Å². The van der Waals surface area contributed by atoms with Gasteiger partial charge < -0.3 is 16.4 Å². The van der Waals surface area contributed by atoms with E-state index in [1.165, 1.54) is 0 Å². The fraction of sp³-hybridized carbons (Fsp3) is 0.571. The van der Waals surface area contributed by atoms with Gasteiger partial charge in [-0.05, 0) is 25.3 Å². The van der Waals surface area contributed by atoms with Crippen molar-refractivity contribution in [3.8, 4) is 0 Å². The molecule has 7 heteroatoms. The minimum atomic E-state index is -0.00396. The number of carbonyl (C=O) groups excluding carboxylic acids is 1. The predicted octanol–water partition coefficient (Wildman–Crippen LogP) is 1.17. The lowest BCUT2D eigenvalue weighted by Gasteiger charge is -2.15. The second kappa shape index (κ2) is 8.51. The molecule has 0 aliphatic carbocycles. The normalized spacial score (nSPS) is 10.2. The van der Waals surface area contributed by atoms with Crippen LogP contribution in [0.15, 0.2) is 0 Å². The summed E-state index contributed by atoms with van der Waals surface area (Å²) in [5.41, 5.74) is 8.52. The molecule has 0 fully saturated rings. The minimum absolute atomic E-state index is 0.00396. The van der Waals surface area contributed by atoms with Gasteiger partial charge in [0.1, 0.15) is 4.99 Å². The third kappa shape index (κ3) is 4.63. The lowest BCUT2D eigenvalue weighted by molar-refractivity contribution is -0.120. The molecule has 21 heavy (non-hydrogen) atoms. The van der Waals surface area contributed by atoms with Gasteiger partial charge in [-0.3, -0.25) is 4.79 Å². The number of rotatable bonds is 8. The van der Waals surface area contributed by atoms with Gasteiger partial charge >= 0.3 is 0 Å². The van der Waals surface area contributed by atoms with E-state index in [1.54, 1.807) is 0 Å². The molecule has 4 N–H and O–H groups in total. The Hall–Kier alpha value is -1.76. The zero-order chi connectivity index (χ0) is 15.8. The van der Waals surface area contributed by atoms with Gasteiger partial charge in [0.25, 0.3) is 0 Å². The van der Waals surface area contributed by atoms with Crippen LogP contribution in [0.2, 0.25) is 0 Å². The number of hydrogen-bond donors (Lipinski definition) is 3. The zero-order valence-electron chi connectivity index (χ0n) is 12.8. The number of aromatic nitrogens is 2. The van der Waals surface area contributed by atoms with Gasteiger partial charge in [0.05, 0.1) is 11.3 Å². The number of aryl methyl sites for hydroxylation is 1. The van der Waals surface area contributed by atoms with Crippen LogP contribution >= 0.6 is 12.2 Å². The lowest BCUT2D eigenvalue weighted by Crippen LogP contribution is -2.26. The highest BCUT2D eigenvalue weighted by atomic mass is 32.1. The Morgan fingerprint density at radius 3 is 2.48 bits per heavy atom. The van der Waals surface area contributed by atoms with Gasteiger partial charge in [-0.25, -0.2) is 0 Å². The summed E-state index contributed by atoms with van der Waals surface area (Å²) in [5.74, 6) is 0.552. The monoisotopic (exact) mass is 309 g/mol. The number of anilines is 1. The molecule has 1 aromatic rings. The topological polar surface area (TPSA) is 92.9 Å². The summed E-state index contributed by atoms with van der Waals surface area (Å²) in [5, 5.41) is 14.2. The minimum Gasteiger partial charge on any atom is -0.389 e. The lowest BCUT2D eigenvalue weighted by atomic mass is 10.0. The maximum absolute atomic E-state index is 11.4. The van der Waals surface area contributed by atoms with E-state index < -0.39 is 0 Å². The Morgan fingerprint density at radius 2 is 1.95 bits per heavy atom. The van der Waals surface area contributed by atoms with Crippen molar-refractivity contribution >= 4 is 28.9 Å². The van der Waals surface area contributed by atoms with Crippen LogP contribution in [0.4, 0.5) is 5.82 Å². The van der Waals surface area contributed by atoms with Gasteiger partial charge in [0.15, 0.2) is 5.82 Å². The molecular formula is C14H23N5OS. The first kappa shape index (κ1) is 17.3. The summed E-state index contributed by atoms with van der Waals surface area (Å²) < 4.78 is 0. The van der Waals surface area contributed by atoms with E-state index in [0.29, 0.717) is 30.3 Å². The first-order chi connectivity index (χ1) is 10.0. The molecule has 0 saturated heterocycles. The van der Waals surface area contributed by atoms with Crippen molar-refractivity contribution in [3.63, 3.8) is 0 Å². The van der Waals surface area contributed by atoms with E-state index in [0.717, 1.165) is 29.7 Å². The van der Waals surface area contributed by atoms with E-state index in [9.17, 15) is 4.79 Å². The molecule has 1 amide bonds. The summed E-state index contributed by atoms with van der Waals surface area (Å²) in [6.07, 6.45) is 1.94. The smallest absolute Gasteiger partial charge is 0.221 e. The number of carbonyl (C=O) groups is 1. The number of nitrogens with one attached hydrogen (secondary N) is 2. The predicted molar refractivity (Wildman–Crippen MR) is 88.5 cm³/mol. The quantitative estimate of drug-likeness (QED) is 0.624. The van der Waals surface area contributed by atoms with Crippen molar-refractivity contribution in [1.82, 2.24) is 15.5 Å². The van der Waals surface area contributed by atoms with E-state index in [2.05, 4.69) is 20.8 Å². The molecule has 0 unspecified atom stereocenters. The highest BCUT2D eigenvalue weighted by Gasteiger charge is 2.16. The molecule has 0 bridgehead atoms. The Bertz CT molecular complexity index is 518. The van der Waals surface area contributed by atoms with Crippen molar-refractivity contribution in [1.29, 1.82) is 0 Å². The molecule has 1 rings (SSSR count). The number of nitrogens with zero attached hydrogens (tertiary/aromatic N) is 2. The largest absolute Gasteiger partial charge is 0.389 e. The van der Waals surface area contributed by atoms with Crippen molar-refractivity contribution in [2.45, 2.75) is 40.0 Å². The third-order valence-corrected chi connectivity index (χ3v) is 3.32. The maximum atomic E-state index is 11.4. The molecule has 116 valence electrons.